The van der Waals surface area contributed by atoms with Gasteiger partial charge in [-0.05, 0) is 34.1 Å². The van der Waals surface area contributed by atoms with Gasteiger partial charge in [-0.1, -0.05) is 0 Å². The van der Waals surface area contributed by atoms with Gasteiger partial charge in [-0.15, -0.1) is 11.3 Å². The number of hydrogen-bond donors (Lipinski definition) is 0. The highest BCUT2D eigenvalue weighted by atomic mass is 79.9. The number of carbonyl (C=O) groups is 1. The molecule has 0 saturated carbocycles. The zero-order chi connectivity index (χ0) is 16.4. The van der Waals surface area contributed by atoms with Crippen LogP contribution in [-0.4, -0.2) is 22.5 Å². The van der Waals surface area contributed by atoms with Crippen LogP contribution in [0.5, 0.6) is 5.75 Å². The Kier molecular flexibility index (Phi) is 4.44. The fourth-order valence-electron chi connectivity index (χ4n) is 1.98. The number of nitrogens with zero attached hydrogens (tertiary/aromatic N) is 2. The van der Waals surface area contributed by atoms with Crippen molar-refractivity contribution in [2.75, 3.05) is 7.11 Å². The minimum absolute atomic E-state index is 0.0634. The summed E-state index contributed by atoms with van der Waals surface area (Å²) in [6.45, 7) is -0.0634. The third kappa shape index (κ3) is 3.27. The molecule has 0 atom stereocenters. The standard InChI is InChI=1S/C15H11BrN2O4S/c1-21-12-3-2-9(6-11(12)16)14(20)22-8-10-7-13(19)18-4-5-23-15(18)17-10/h2-7H,8H2,1H3. The number of rotatable bonds is 4. The molecule has 0 spiro atoms. The molecular weight excluding hydrogens is 384 g/mol. The Labute approximate surface area is 143 Å². The van der Waals surface area contributed by atoms with Gasteiger partial charge in [0.15, 0.2) is 4.96 Å². The molecule has 1 aromatic carbocycles. The average molecular weight is 395 g/mol. The fraction of sp³-hybridized carbons (Fsp3) is 0.133. The molecular formula is C15H11BrN2O4S. The lowest BCUT2D eigenvalue weighted by Gasteiger charge is -2.07. The highest BCUT2D eigenvalue weighted by Crippen LogP contribution is 2.25. The van der Waals surface area contributed by atoms with Crippen molar-refractivity contribution in [3.63, 3.8) is 0 Å². The van der Waals surface area contributed by atoms with Crippen LogP contribution in [0.15, 0.2) is 45.1 Å². The Morgan fingerprint density at radius 3 is 2.96 bits per heavy atom. The van der Waals surface area contributed by atoms with Gasteiger partial charge in [-0.3, -0.25) is 9.20 Å². The largest absolute Gasteiger partial charge is 0.496 e. The number of halogens is 1. The van der Waals surface area contributed by atoms with Crippen molar-refractivity contribution in [1.29, 1.82) is 0 Å². The van der Waals surface area contributed by atoms with Crippen LogP contribution in [0.2, 0.25) is 0 Å². The number of hydrogen-bond acceptors (Lipinski definition) is 6. The smallest absolute Gasteiger partial charge is 0.338 e. The van der Waals surface area contributed by atoms with Crippen LogP contribution >= 0.6 is 27.3 Å². The molecule has 0 radical (unpaired) electrons. The first-order valence-electron chi connectivity index (χ1n) is 6.55. The van der Waals surface area contributed by atoms with Crippen LogP contribution in [0.25, 0.3) is 4.96 Å². The van der Waals surface area contributed by atoms with Crippen LogP contribution < -0.4 is 10.3 Å². The summed E-state index contributed by atoms with van der Waals surface area (Å²) in [6.07, 6.45) is 1.65. The molecule has 0 aliphatic carbocycles. The molecule has 0 aliphatic rings. The molecule has 0 bridgehead atoms. The van der Waals surface area contributed by atoms with Gasteiger partial charge < -0.3 is 9.47 Å². The molecule has 0 saturated heterocycles. The van der Waals surface area contributed by atoms with Crippen molar-refractivity contribution in [2.24, 2.45) is 0 Å². The van der Waals surface area contributed by atoms with Gasteiger partial charge in [0.2, 0.25) is 0 Å². The zero-order valence-electron chi connectivity index (χ0n) is 12.0. The lowest BCUT2D eigenvalue weighted by atomic mass is 10.2. The fourth-order valence-corrected chi connectivity index (χ4v) is 3.26. The predicted octanol–water partition coefficient (Wildman–Crippen LogP) is 2.88. The molecule has 0 aliphatic heterocycles. The Bertz CT molecular complexity index is 935. The second-order valence-electron chi connectivity index (χ2n) is 4.57. The number of benzene rings is 1. The van der Waals surface area contributed by atoms with Crippen molar-refractivity contribution < 1.29 is 14.3 Å². The summed E-state index contributed by atoms with van der Waals surface area (Å²) in [5.74, 6) is 0.126. The lowest BCUT2D eigenvalue weighted by Crippen LogP contribution is -2.14. The second kappa shape index (κ2) is 6.51. The van der Waals surface area contributed by atoms with E-state index in [0.29, 0.717) is 26.4 Å². The van der Waals surface area contributed by atoms with Crippen molar-refractivity contribution in [1.82, 2.24) is 9.38 Å². The Balaban J connectivity index is 1.75. The highest BCUT2D eigenvalue weighted by Gasteiger charge is 2.12. The Morgan fingerprint density at radius 2 is 2.22 bits per heavy atom. The number of thiazole rings is 1. The average Bonchev–Trinajstić information content (AvgIpc) is 3.01. The maximum absolute atomic E-state index is 12.1. The van der Waals surface area contributed by atoms with E-state index in [9.17, 15) is 9.59 Å². The van der Waals surface area contributed by atoms with E-state index < -0.39 is 5.97 Å². The Hall–Kier alpha value is -2.19. The summed E-state index contributed by atoms with van der Waals surface area (Å²) in [5.41, 5.74) is 0.597. The second-order valence-corrected chi connectivity index (χ2v) is 6.29. The van der Waals surface area contributed by atoms with Crippen molar-refractivity contribution in [3.8, 4) is 5.75 Å². The molecule has 3 aromatic rings. The molecule has 118 valence electrons. The normalized spacial score (nSPS) is 10.7. The molecule has 3 rings (SSSR count). The summed E-state index contributed by atoms with van der Waals surface area (Å²) in [6, 6.07) is 6.25. The molecule has 2 heterocycles. The maximum atomic E-state index is 12.1. The lowest BCUT2D eigenvalue weighted by molar-refractivity contribution is 0.0467. The topological polar surface area (TPSA) is 69.9 Å². The van der Waals surface area contributed by atoms with E-state index in [1.54, 1.807) is 36.9 Å². The monoisotopic (exact) mass is 394 g/mol. The third-order valence-electron chi connectivity index (χ3n) is 3.09. The molecule has 8 heteroatoms. The SMILES string of the molecule is COc1ccc(C(=O)OCc2cc(=O)n3ccsc3n2)cc1Br. The predicted molar refractivity (Wildman–Crippen MR) is 89.2 cm³/mol. The van der Waals surface area contributed by atoms with E-state index in [0.717, 1.165) is 0 Å². The maximum Gasteiger partial charge on any atom is 0.338 e. The summed E-state index contributed by atoms with van der Waals surface area (Å²) in [5, 5.41) is 1.77. The summed E-state index contributed by atoms with van der Waals surface area (Å²) in [7, 11) is 1.54. The number of fused-ring (bicyclic) bond motifs is 1. The minimum Gasteiger partial charge on any atom is -0.496 e. The Morgan fingerprint density at radius 1 is 1.39 bits per heavy atom. The first-order chi connectivity index (χ1) is 11.1. The highest BCUT2D eigenvalue weighted by molar-refractivity contribution is 9.10. The van der Waals surface area contributed by atoms with Gasteiger partial charge in [0, 0.05) is 17.6 Å². The van der Waals surface area contributed by atoms with Crippen LogP contribution in [-0.2, 0) is 11.3 Å². The van der Waals surface area contributed by atoms with Gasteiger partial charge in [-0.2, -0.15) is 0 Å². The quantitative estimate of drug-likeness (QED) is 0.636. The first-order valence-corrected chi connectivity index (χ1v) is 8.22. The van der Waals surface area contributed by atoms with Crippen LogP contribution in [0.1, 0.15) is 16.1 Å². The molecule has 0 fully saturated rings. The number of methoxy groups -OCH3 is 1. The summed E-state index contributed by atoms with van der Waals surface area (Å²) >= 11 is 4.66. The van der Waals surface area contributed by atoms with Crippen molar-refractivity contribution in [3.05, 3.63) is 61.9 Å². The van der Waals surface area contributed by atoms with E-state index in [2.05, 4.69) is 20.9 Å². The summed E-state index contributed by atoms with van der Waals surface area (Å²) in [4.78, 5) is 28.8. The van der Waals surface area contributed by atoms with E-state index >= 15 is 0 Å². The first kappa shape index (κ1) is 15.7. The van der Waals surface area contributed by atoms with Gasteiger partial charge in [0.05, 0.1) is 22.8 Å². The van der Waals surface area contributed by atoms with Gasteiger partial charge in [0.25, 0.3) is 5.56 Å². The molecule has 23 heavy (non-hydrogen) atoms. The molecule has 0 N–H and O–H groups in total. The van der Waals surface area contributed by atoms with E-state index in [1.807, 2.05) is 0 Å². The number of esters is 1. The van der Waals surface area contributed by atoms with Crippen molar-refractivity contribution >= 4 is 38.2 Å². The van der Waals surface area contributed by atoms with Gasteiger partial charge in [-0.25, -0.2) is 9.78 Å². The number of carbonyl (C=O) groups excluding carboxylic acids is 1. The van der Waals surface area contributed by atoms with E-state index in [-0.39, 0.29) is 12.2 Å². The number of aromatic nitrogens is 2. The van der Waals surface area contributed by atoms with Crippen LogP contribution in [0.4, 0.5) is 0 Å². The van der Waals surface area contributed by atoms with Crippen molar-refractivity contribution in [2.45, 2.75) is 6.61 Å². The third-order valence-corrected chi connectivity index (χ3v) is 4.47. The van der Waals surface area contributed by atoms with Crippen LogP contribution in [0.3, 0.4) is 0 Å². The number of ether oxygens (including phenoxy) is 2. The molecule has 6 nitrogen and oxygen atoms in total. The van der Waals surface area contributed by atoms with Gasteiger partial charge in [0.1, 0.15) is 12.4 Å². The summed E-state index contributed by atoms with van der Waals surface area (Å²) < 4.78 is 12.4. The van der Waals surface area contributed by atoms with Gasteiger partial charge >= 0.3 is 5.97 Å². The van der Waals surface area contributed by atoms with E-state index in [4.69, 9.17) is 9.47 Å². The molecule has 0 amide bonds. The molecule has 0 unspecified atom stereocenters. The van der Waals surface area contributed by atoms with E-state index in [1.165, 1.54) is 21.8 Å². The molecule has 2 aromatic heterocycles. The minimum atomic E-state index is -0.499. The van der Waals surface area contributed by atoms with Crippen LogP contribution in [0, 0.1) is 0 Å². The zero-order valence-corrected chi connectivity index (χ0v) is 14.4.